The zero-order chi connectivity index (χ0) is 18.4. The van der Waals surface area contributed by atoms with Gasteiger partial charge < -0.3 is 9.84 Å². The van der Waals surface area contributed by atoms with Crippen LogP contribution in [0, 0.1) is 5.92 Å². The number of ketones is 2. The summed E-state index contributed by atoms with van der Waals surface area (Å²) in [4.78, 5) is 36.2. The van der Waals surface area contributed by atoms with E-state index in [9.17, 15) is 19.5 Å². The topological polar surface area (TPSA) is 80.7 Å². The highest BCUT2D eigenvalue weighted by Gasteiger charge is 2.30. The summed E-state index contributed by atoms with van der Waals surface area (Å²) in [5.74, 6) is -1.21. The van der Waals surface area contributed by atoms with E-state index >= 15 is 0 Å². The SMILES string of the molecule is CC(=O)C[C@@H](O)CC(=O)[C@@H]1OC(=O)[C@H](C)CCCCc2ccccc21. The average molecular weight is 346 g/mol. The fourth-order valence-corrected chi connectivity index (χ4v) is 3.18. The van der Waals surface area contributed by atoms with Gasteiger partial charge in [-0.2, -0.15) is 0 Å². The summed E-state index contributed by atoms with van der Waals surface area (Å²) in [6.07, 6.45) is 1.07. The zero-order valence-electron chi connectivity index (χ0n) is 14.9. The lowest BCUT2D eigenvalue weighted by molar-refractivity contribution is -0.160. The molecule has 5 nitrogen and oxygen atoms in total. The smallest absolute Gasteiger partial charge is 0.309 e. The van der Waals surface area contributed by atoms with Crippen LogP contribution in [0.15, 0.2) is 24.3 Å². The Morgan fingerprint density at radius 3 is 2.68 bits per heavy atom. The van der Waals surface area contributed by atoms with Crippen molar-refractivity contribution >= 4 is 17.5 Å². The molecule has 0 saturated heterocycles. The Balaban J connectivity index is 2.28. The molecule has 2 rings (SSSR count). The number of esters is 1. The van der Waals surface area contributed by atoms with Crippen LogP contribution in [0.4, 0.5) is 0 Å². The molecule has 136 valence electrons. The second-order valence-electron chi connectivity index (χ2n) is 6.89. The fraction of sp³-hybridized carbons (Fsp3) is 0.550. The molecule has 25 heavy (non-hydrogen) atoms. The van der Waals surface area contributed by atoms with E-state index in [-0.39, 0.29) is 30.3 Å². The lowest BCUT2D eigenvalue weighted by Gasteiger charge is -2.24. The molecule has 1 aliphatic heterocycles. The van der Waals surface area contributed by atoms with Crippen LogP contribution in [0.5, 0.6) is 0 Å². The van der Waals surface area contributed by atoms with Crippen molar-refractivity contribution < 1.29 is 24.2 Å². The number of Topliss-reactive ketones (excluding diaryl/α,β-unsaturated/α-hetero) is 2. The van der Waals surface area contributed by atoms with Crippen molar-refractivity contribution in [3.05, 3.63) is 35.4 Å². The molecule has 0 aliphatic carbocycles. The summed E-state index contributed by atoms with van der Waals surface area (Å²) in [5, 5.41) is 9.93. The molecule has 0 unspecified atom stereocenters. The van der Waals surface area contributed by atoms with Gasteiger partial charge in [0.05, 0.1) is 12.0 Å². The summed E-state index contributed by atoms with van der Waals surface area (Å²) in [5.41, 5.74) is 1.68. The summed E-state index contributed by atoms with van der Waals surface area (Å²) >= 11 is 0. The van der Waals surface area contributed by atoms with Gasteiger partial charge in [0.15, 0.2) is 11.9 Å². The maximum absolute atomic E-state index is 12.7. The first kappa shape index (κ1) is 19.3. The number of ether oxygens (including phenoxy) is 1. The van der Waals surface area contributed by atoms with E-state index in [1.165, 1.54) is 6.92 Å². The number of aryl methyl sites for hydroxylation is 1. The molecule has 0 spiro atoms. The van der Waals surface area contributed by atoms with Crippen molar-refractivity contribution in [2.24, 2.45) is 5.92 Å². The molecular formula is C20H26O5. The van der Waals surface area contributed by atoms with Crippen molar-refractivity contribution in [2.75, 3.05) is 0 Å². The standard InChI is InChI=1S/C20H26O5/c1-13-7-3-4-8-15-9-5-6-10-17(15)19(25-20(13)24)18(23)12-16(22)11-14(2)21/h5-6,9-10,13,16,19,22H,3-4,7-8,11-12H2,1-2H3/t13-,16-,19-/m1/s1. The number of carbonyl (C=O) groups is 3. The molecule has 0 aromatic heterocycles. The Labute approximate surface area is 148 Å². The van der Waals surface area contributed by atoms with Crippen LogP contribution >= 0.6 is 0 Å². The number of aliphatic hydroxyl groups is 1. The highest BCUT2D eigenvalue weighted by atomic mass is 16.5. The van der Waals surface area contributed by atoms with Crippen LogP contribution in [0.1, 0.15) is 63.2 Å². The molecule has 0 saturated carbocycles. The fourth-order valence-electron chi connectivity index (χ4n) is 3.18. The van der Waals surface area contributed by atoms with E-state index in [2.05, 4.69) is 0 Å². The quantitative estimate of drug-likeness (QED) is 0.829. The minimum Gasteiger partial charge on any atom is -0.449 e. The molecule has 1 aromatic rings. The summed E-state index contributed by atoms with van der Waals surface area (Å²) < 4.78 is 5.55. The summed E-state index contributed by atoms with van der Waals surface area (Å²) in [6, 6.07) is 7.46. The largest absolute Gasteiger partial charge is 0.449 e. The van der Waals surface area contributed by atoms with E-state index < -0.39 is 18.2 Å². The summed E-state index contributed by atoms with van der Waals surface area (Å²) in [7, 11) is 0. The number of cyclic esters (lactones) is 1. The van der Waals surface area contributed by atoms with E-state index in [1.807, 2.05) is 25.1 Å². The number of fused-ring (bicyclic) bond motifs is 1. The second kappa shape index (κ2) is 8.90. The van der Waals surface area contributed by atoms with Gasteiger partial charge in [-0.15, -0.1) is 0 Å². The van der Waals surface area contributed by atoms with Crippen LogP contribution in [-0.2, 0) is 25.5 Å². The van der Waals surface area contributed by atoms with E-state index in [4.69, 9.17) is 4.74 Å². The molecule has 0 radical (unpaired) electrons. The van der Waals surface area contributed by atoms with E-state index in [0.717, 1.165) is 31.2 Å². The maximum Gasteiger partial charge on any atom is 0.309 e. The third-order valence-corrected chi connectivity index (χ3v) is 4.56. The van der Waals surface area contributed by atoms with Crippen molar-refractivity contribution in [2.45, 2.75) is 64.6 Å². The monoisotopic (exact) mass is 346 g/mol. The highest BCUT2D eigenvalue weighted by Crippen LogP contribution is 2.29. The van der Waals surface area contributed by atoms with Crippen LogP contribution in [0.25, 0.3) is 0 Å². The minimum atomic E-state index is -1.05. The Bertz CT molecular complexity index is 637. The minimum absolute atomic E-state index is 0.0789. The van der Waals surface area contributed by atoms with Crippen molar-refractivity contribution in [3.8, 4) is 0 Å². The third kappa shape index (κ3) is 5.49. The first-order valence-electron chi connectivity index (χ1n) is 8.87. The lowest BCUT2D eigenvalue weighted by Crippen LogP contribution is -2.28. The first-order valence-corrected chi connectivity index (χ1v) is 8.87. The lowest BCUT2D eigenvalue weighted by atomic mass is 9.91. The van der Waals surface area contributed by atoms with Crippen molar-refractivity contribution in [1.29, 1.82) is 0 Å². The number of rotatable bonds is 5. The average Bonchev–Trinajstić information content (AvgIpc) is 2.55. The number of benzene rings is 1. The third-order valence-electron chi connectivity index (χ3n) is 4.56. The van der Waals surface area contributed by atoms with Crippen LogP contribution in [0.3, 0.4) is 0 Å². The predicted molar refractivity (Wildman–Crippen MR) is 92.9 cm³/mol. The maximum atomic E-state index is 12.7. The van der Waals surface area contributed by atoms with Gasteiger partial charge in [0.2, 0.25) is 0 Å². The molecule has 0 amide bonds. The number of hydrogen-bond donors (Lipinski definition) is 1. The number of hydrogen-bond acceptors (Lipinski definition) is 5. The predicted octanol–water partition coefficient (Wildman–Crippen LogP) is 2.93. The van der Waals surface area contributed by atoms with Gasteiger partial charge in [-0.3, -0.25) is 14.4 Å². The molecule has 0 fully saturated rings. The van der Waals surface area contributed by atoms with Crippen LogP contribution in [0.2, 0.25) is 0 Å². The number of aliphatic hydroxyl groups excluding tert-OH is 1. The normalized spacial score (nSPS) is 22.4. The Morgan fingerprint density at radius 1 is 1.24 bits per heavy atom. The molecule has 1 N–H and O–H groups in total. The van der Waals surface area contributed by atoms with E-state index in [1.54, 1.807) is 6.07 Å². The van der Waals surface area contributed by atoms with Gasteiger partial charge in [-0.25, -0.2) is 0 Å². The Kier molecular flexibility index (Phi) is 6.88. The molecule has 3 atom stereocenters. The Morgan fingerprint density at radius 2 is 1.96 bits per heavy atom. The molecule has 1 heterocycles. The summed E-state index contributed by atoms with van der Waals surface area (Å²) in [6.45, 7) is 3.18. The second-order valence-corrected chi connectivity index (χ2v) is 6.89. The van der Waals surface area contributed by atoms with Gasteiger partial charge in [-0.05, 0) is 31.7 Å². The van der Waals surface area contributed by atoms with Crippen LogP contribution in [-0.4, -0.2) is 28.7 Å². The van der Waals surface area contributed by atoms with Crippen molar-refractivity contribution in [1.82, 2.24) is 0 Å². The molecule has 1 aliphatic rings. The molecular weight excluding hydrogens is 320 g/mol. The number of carbonyl (C=O) groups excluding carboxylic acids is 3. The molecule has 0 bridgehead atoms. The van der Waals surface area contributed by atoms with E-state index in [0.29, 0.717) is 5.56 Å². The van der Waals surface area contributed by atoms with Gasteiger partial charge in [0.1, 0.15) is 5.78 Å². The van der Waals surface area contributed by atoms with Gasteiger partial charge >= 0.3 is 5.97 Å². The zero-order valence-corrected chi connectivity index (χ0v) is 14.9. The Hall–Kier alpha value is -2.01. The van der Waals surface area contributed by atoms with Gasteiger partial charge in [0.25, 0.3) is 0 Å². The van der Waals surface area contributed by atoms with Gasteiger partial charge in [0, 0.05) is 18.4 Å². The van der Waals surface area contributed by atoms with Crippen LogP contribution < -0.4 is 0 Å². The molecule has 1 aromatic carbocycles. The molecule has 5 heteroatoms. The highest BCUT2D eigenvalue weighted by molar-refractivity contribution is 5.88. The first-order chi connectivity index (χ1) is 11.9. The van der Waals surface area contributed by atoms with Gasteiger partial charge in [-0.1, -0.05) is 37.6 Å². The van der Waals surface area contributed by atoms with Crippen molar-refractivity contribution in [3.63, 3.8) is 0 Å².